The van der Waals surface area contributed by atoms with E-state index in [9.17, 15) is 5.11 Å². The zero-order valence-electron chi connectivity index (χ0n) is 10.2. The molecule has 90 valence electrons. The first-order valence-electron chi connectivity index (χ1n) is 5.82. The van der Waals surface area contributed by atoms with Crippen LogP contribution in [0, 0.1) is 6.92 Å². The Labute approximate surface area is 101 Å². The Kier molecular flexibility index (Phi) is 3.54. The van der Waals surface area contributed by atoms with Gasteiger partial charge in [0.05, 0.1) is 17.5 Å². The van der Waals surface area contributed by atoms with E-state index < -0.39 is 6.10 Å². The van der Waals surface area contributed by atoms with Gasteiger partial charge in [0.1, 0.15) is 0 Å². The fourth-order valence-corrected chi connectivity index (χ4v) is 1.93. The summed E-state index contributed by atoms with van der Waals surface area (Å²) < 4.78 is 1.84. The number of pyridine rings is 1. The van der Waals surface area contributed by atoms with Crippen LogP contribution in [0.3, 0.4) is 0 Å². The van der Waals surface area contributed by atoms with Gasteiger partial charge in [-0.3, -0.25) is 9.67 Å². The minimum Gasteiger partial charge on any atom is -0.386 e. The zero-order valence-corrected chi connectivity index (χ0v) is 10.2. The van der Waals surface area contributed by atoms with Gasteiger partial charge in [-0.1, -0.05) is 6.07 Å². The van der Waals surface area contributed by atoms with Gasteiger partial charge >= 0.3 is 0 Å². The van der Waals surface area contributed by atoms with Crippen LogP contribution in [-0.4, -0.2) is 19.9 Å². The number of aromatic nitrogens is 3. The molecule has 0 bridgehead atoms. The molecule has 0 aliphatic rings. The lowest BCUT2D eigenvalue weighted by atomic mass is 10.1. The van der Waals surface area contributed by atoms with Crippen LogP contribution in [0.15, 0.2) is 30.6 Å². The number of aryl methyl sites for hydroxylation is 2. The van der Waals surface area contributed by atoms with Crippen molar-refractivity contribution in [3.8, 4) is 0 Å². The monoisotopic (exact) mass is 231 g/mol. The fraction of sp³-hybridized carbons (Fsp3) is 0.385. The largest absolute Gasteiger partial charge is 0.386 e. The molecule has 1 atom stereocenters. The smallest absolute Gasteiger partial charge is 0.0997 e. The Morgan fingerprint density at radius 3 is 2.94 bits per heavy atom. The van der Waals surface area contributed by atoms with Gasteiger partial charge in [0, 0.05) is 25.4 Å². The van der Waals surface area contributed by atoms with Gasteiger partial charge in [-0.25, -0.2) is 0 Å². The van der Waals surface area contributed by atoms with Gasteiger partial charge in [0.25, 0.3) is 0 Å². The lowest BCUT2D eigenvalue weighted by Crippen LogP contribution is -2.10. The van der Waals surface area contributed by atoms with Crippen molar-refractivity contribution in [1.29, 1.82) is 0 Å². The number of nitrogens with zero attached hydrogens (tertiary/aromatic N) is 3. The van der Waals surface area contributed by atoms with E-state index in [4.69, 9.17) is 0 Å². The van der Waals surface area contributed by atoms with Gasteiger partial charge in [-0.2, -0.15) is 5.10 Å². The van der Waals surface area contributed by atoms with Crippen molar-refractivity contribution in [2.24, 2.45) is 0 Å². The highest BCUT2D eigenvalue weighted by Crippen LogP contribution is 2.18. The topological polar surface area (TPSA) is 50.9 Å². The van der Waals surface area contributed by atoms with E-state index in [1.54, 1.807) is 12.4 Å². The van der Waals surface area contributed by atoms with E-state index >= 15 is 0 Å². The Bertz CT molecular complexity index is 479. The van der Waals surface area contributed by atoms with Gasteiger partial charge in [-0.05, 0) is 31.5 Å². The van der Waals surface area contributed by atoms with E-state index in [0.717, 1.165) is 23.5 Å². The predicted octanol–water partition coefficient (Wildman–Crippen LogP) is 1.88. The van der Waals surface area contributed by atoms with E-state index in [1.165, 1.54) is 0 Å². The molecule has 0 aromatic carbocycles. The first-order valence-corrected chi connectivity index (χ1v) is 5.82. The summed E-state index contributed by atoms with van der Waals surface area (Å²) in [5.41, 5.74) is 2.84. The van der Waals surface area contributed by atoms with Crippen molar-refractivity contribution < 1.29 is 5.11 Å². The van der Waals surface area contributed by atoms with Gasteiger partial charge in [-0.15, -0.1) is 0 Å². The molecule has 0 aliphatic carbocycles. The van der Waals surface area contributed by atoms with Gasteiger partial charge in [0.2, 0.25) is 0 Å². The highest BCUT2D eigenvalue weighted by atomic mass is 16.3. The molecule has 4 heteroatoms. The molecule has 2 aromatic rings. The Morgan fingerprint density at radius 2 is 2.29 bits per heavy atom. The third-order valence-corrected chi connectivity index (χ3v) is 2.73. The molecule has 1 N–H and O–H groups in total. The van der Waals surface area contributed by atoms with Gasteiger partial charge < -0.3 is 5.11 Å². The quantitative estimate of drug-likeness (QED) is 0.874. The van der Waals surface area contributed by atoms with E-state index in [1.807, 2.05) is 36.7 Å². The minimum atomic E-state index is -0.527. The third kappa shape index (κ3) is 2.71. The van der Waals surface area contributed by atoms with Crippen LogP contribution in [0.25, 0.3) is 0 Å². The normalized spacial score (nSPS) is 12.6. The molecule has 0 saturated heterocycles. The second-order valence-corrected chi connectivity index (χ2v) is 4.11. The zero-order chi connectivity index (χ0) is 12.3. The van der Waals surface area contributed by atoms with Crippen LogP contribution in [0.1, 0.15) is 30.0 Å². The third-order valence-electron chi connectivity index (χ3n) is 2.73. The lowest BCUT2D eigenvalue weighted by Gasteiger charge is -2.11. The Morgan fingerprint density at radius 1 is 1.47 bits per heavy atom. The minimum absolute atomic E-state index is 0.527. The van der Waals surface area contributed by atoms with E-state index in [-0.39, 0.29) is 0 Å². The molecule has 2 rings (SSSR count). The molecule has 0 fully saturated rings. The van der Waals surface area contributed by atoms with Crippen molar-refractivity contribution in [2.45, 2.75) is 32.9 Å². The van der Waals surface area contributed by atoms with Crippen LogP contribution in [0.5, 0.6) is 0 Å². The summed E-state index contributed by atoms with van der Waals surface area (Å²) in [7, 11) is 0. The first-order chi connectivity index (χ1) is 8.20. The highest BCUT2D eigenvalue weighted by Gasteiger charge is 2.14. The second kappa shape index (κ2) is 5.10. The maximum atomic E-state index is 10.2. The maximum absolute atomic E-state index is 10.2. The second-order valence-electron chi connectivity index (χ2n) is 4.11. The van der Waals surface area contributed by atoms with Crippen LogP contribution < -0.4 is 0 Å². The first kappa shape index (κ1) is 11.8. The van der Waals surface area contributed by atoms with Crippen LogP contribution in [0.2, 0.25) is 0 Å². The molecule has 0 radical (unpaired) electrons. The van der Waals surface area contributed by atoms with Crippen LogP contribution in [0.4, 0.5) is 0 Å². The van der Waals surface area contributed by atoms with E-state index in [2.05, 4.69) is 10.1 Å². The summed E-state index contributed by atoms with van der Waals surface area (Å²) in [6.45, 7) is 4.73. The van der Waals surface area contributed by atoms with Crippen LogP contribution in [-0.2, 0) is 13.0 Å². The number of rotatable bonds is 4. The van der Waals surface area contributed by atoms with Crippen molar-refractivity contribution in [3.63, 3.8) is 0 Å². The molecule has 0 spiro atoms. The van der Waals surface area contributed by atoms with E-state index in [0.29, 0.717) is 6.42 Å². The van der Waals surface area contributed by atoms with Crippen molar-refractivity contribution in [2.75, 3.05) is 0 Å². The molecule has 17 heavy (non-hydrogen) atoms. The summed E-state index contributed by atoms with van der Waals surface area (Å²) in [6, 6.07) is 5.78. The molecule has 4 nitrogen and oxygen atoms in total. The Hall–Kier alpha value is -1.68. The molecule has 0 aliphatic heterocycles. The van der Waals surface area contributed by atoms with Crippen molar-refractivity contribution in [1.82, 2.24) is 14.8 Å². The molecular weight excluding hydrogens is 214 g/mol. The summed E-state index contributed by atoms with van der Waals surface area (Å²) in [5, 5.41) is 14.5. The fourth-order valence-electron chi connectivity index (χ4n) is 1.93. The lowest BCUT2D eigenvalue weighted by molar-refractivity contribution is 0.167. The standard InChI is InChI=1S/C13H17N3O/c1-3-16-12(7-10(2)15-16)13(17)8-11-5-4-6-14-9-11/h4-7,9,13,17H,3,8H2,1-2H3. The summed E-state index contributed by atoms with van der Waals surface area (Å²) in [6.07, 6.45) is 3.55. The number of hydrogen-bond acceptors (Lipinski definition) is 3. The van der Waals surface area contributed by atoms with Crippen LogP contribution >= 0.6 is 0 Å². The molecule has 2 aromatic heterocycles. The summed E-state index contributed by atoms with van der Waals surface area (Å²) in [5.74, 6) is 0. The molecule has 0 amide bonds. The molecule has 1 unspecified atom stereocenters. The average molecular weight is 231 g/mol. The number of aliphatic hydroxyl groups is 1. The summed E-state index contributed by atoms with van der Waals surface area (Å²) >= 11 is 0. The Balaban J connectivity index is 2.17. The van der Waals surface area contributed by atoms with Crippen molar-refractivity contribution in [3.05, 3.63) is 47.5 Å². The number of hydrogen-bond donors (Lipinski definition) is 1. The molecule has 0 saturated carbocycles. The molecular formula is C13H17N3O. The van der Waals surface area contributed by atoms with Crippen molar-refractivity contribution >= 4 is 0 Å². The maximum Gasteiger partial charge on any atom is 0.0997 e. The average Bonchev–Trinajstić information content (AvgIpc) is 2.72. The number of aliphatic hydroxyl groups excluding tert-OH is 1. The SMILES string of the molecule is CCn1nc(C)cc1C(O)Cc1cccnc1. The summed E-state index contributed by atoms with van der Waals surface area (Å²) in [4.78, 5) is 4.05. The predicted molar refractivity (Wildman–Crippen MR) is 65.5 cm³/mol. The van der Waals surface area contributed by atoms with Gasteiger partial charge in [0.15, 0.2) is 0 Å². The highest BCUT2D eigenvalue weighted by molar-refractivity contribution is 5.16. The molecule has 2 heterocycles.